The van der Waals surface area contributed by atoms with Gasteiger partial charge in [0.1, 0.15) is 0 Å². The third-order valence-electron chi connectivity index (χ3n) is 2.40. The van der Waals surface area contributed by atoms with E-state index in [0.29, 0.717) is 6.42 Å². The predicted molar refractivity (Wildman–Crippen MR) is 56.1 cm³/mol. The highest BCUT2D eigenvalue weighted by Gasteiger charge is 2.13. The number of ether oxygens (including phenoxy) is 1. The van der Waals surface area contributed by atoms with E-state index in [0.717, 1.165) is 6.42 Å². The second-order valence-electron chi connectivity index (χ2n) is 3.30. The van der Waals surface area contributed by atoms with E-state index >= 15 is 0 Å². The maximum atomic E-state index is 11.1. The summed E-state index contributed by atoms with van der Waals surface area (Å²) in [6.07, 6.45) is 1.43. The number of benzene rings is 1. The van der Waals surface area contributed by atoms with Crippen LogP contribution in [0.15, 0.2) is 30.3 Å². The van der Waals surface area contributed by atoms with Gasteiger partial charge in [-0.3, -0.25) is 4.79 Å². The Hall–Kier alpha value is -1.31. The van der Waals surface area contributed by atoms with Crippen molar-refractivity contribution in [3.8, 4) is 0 Å². The lowest BCUT2D eigenvalue weighted by atomic mass is 9.93. The molecule has 76 valence electrons. The molecule has 0 fully saturated rings. The molecule has 2 heteroatoms. The summed E-state index contributed by atoms with van der Waals surface area (Å²) in [7, 11) is 1.43. The van der Waals surface area contributed by atoms with Crippen LogP contribution < -0.4 is 0 Å². The molecule has 0 aliphatic carbocycles. The fraction of sp³-hybridized carbons (Fsp3) is 0.417. The average Bonchev–Trinajstić information content (AvgIpc) is 2.26. The van der Waals surface area contributed by atoms with Crippen molar-refractivity contribution < 1.29 is 9.53 Å². The first-order valence-corrected chi connectivity index (χ1v) is 4.89. The third-order valence-corrected chi connectivity index (χ3v) is 2.40. The molecule has 1 atom stereocenters. The number of hydrogen-bond donors (Lipinski definition) is 0. The summed E-state index contributed by atoms with van der Waals surface area (Å²) >= 11 is 0. The van der Waals surface area contributed by atoms with Gasteiger partial charge in [-0.25, -0.2) is 0 Å². The molecule has 0 amide bonds. The van der Waals surface area contributed by atoms with E-state index in [1.54, 1.807) is 0 Å². The molecule has 0 saturated heterocycles. The molecular weight excluding hydrogens is 176 g/mol. The largest absolute Gasteiger partial charge is 0.469 e. The second kappa shape index (κ2) is 5.43. The molecule has 0 spiro atoms. The standard InChI is InChI=1S/C12H16O2/c1-3-10(9-12(13)14-2)11-7-5-4-6-8-11/h4-8,10H,3,9H2,1-2H3/t10-/m0/s1. The summed E-state index contributed by atoms with van der Waals surface area (Å²) in [5, 5.41) is 0. The number of carbonyl (C=O) groups excluding carboxylic acids is 1. The molecule has 0 aromatic heterocycles. The van der Waals surface area contributed by atoms with Gasteiger partial charge in [0.2, 0.25) is 0 Å². The highest BCUT2D eigenvalue weighted by molar-refractivity contribution is 5.70. The fourth-order valence-electron chi connectivity index (χ4n) is 1.51. The zero-order chi connectivity index (χ0) is 10.4. The minimum Gasteiger partial charge on any atom is -0.469 e. The lowest BCUT2D eigenvalue weighted by molar-refractivity contribution is -0.141. The van der Waals surface area contributed by atoms with Crippen LogP contribution in [0.4, 0.5) is 0 Å². The molecule has 0 aliphatic heterocycles. The summed E-state index contributed by atoms with van der Waals surface area (Å²) in [5.74, 6) is 0.143. The van der Waals surface area contributed by atoms with Crippen molar-refractivity contribution in [2.45, 2.75) is 25.7 Å². The molecule has 0 aliphatic rings. The first-order valence-electron chi connectivity index (χ1n) is 4.89. The molecule has 0 saturated carbocycles. The first kappa shape index (κ1) is 10.8. The van der Waals surface area contributed by atoms with Crippen LogP contribution in [0.2, 0.25) is 0 Å². The smallest absolute Gasteiger partial charge is 0.306 e. The van der Waals surface area contributed by atoms with Crippen molar-refractivity contribution in [1.82, 2.24) is 0 Å². The Morgan fingerprint density at radius 1 is 1.36 bits per heavy atom. The van der Waals surface area contributed by atoms with Gasteiger partial charge in [-0.1, -0.05) is 37.3 Å². The van der Waals surface area contributed by atoms with Gasteiger partial charge in [0.15, 0.2) is 0 Å². The Labute approximate surface area is 84.9 Å². The van der Waals surface area contributed by atoms with Gasteiger partial charge in [-0.15, -0.1) is 0 Å². The summed E-state index contributed by atoms with van der Waals surface area (Å²) in [5.41, 5.74) is 1.21. The van der Waals surface area contributed by atoms with Crippen LogP contribution in [-0.4, -0.2) is 13.1 Å². The highest BCUT2D eigenvalue weighted by Crippen LogP contribution is 2.22. The molecule has 0 N–H and O–H groups in total. The molecule has 1 aromatic rings. The Morgan fingerprint density at radius 3 is 2.50 bits per heavy atom. The summed E-state index contributed by atoms with van der Waals surface area (Å²) in [4.78, 5) is 11.1. The Balaban J connectivity index is 2.68. The van der Waals surface area contributed by atoms with Crippen LogP contribution in [0.5, 0.6) is 0 Å². The molecule has 0 unspecified atom stereocenters. The quantitative estimate of drug-likeness (QED) is 0.686. The monoisotopic (exact) mass is 192 g/mol. The van der Waals surface area contributed by atoms with Gasteiger partial charge in [0.05, 0.1) is 13.5 Å². The fourth-order valence-corrected chi connectivity index (χ4v) is 1.51. The van der Waals surface area contributed by atoms with Crippen LogP contribution in [-0.2, 0) is 9.53 Å². The van der Waals surface area contributed by atoms with E-state index in [9.17, 15) is 4.79 Å². The summed E-state index contributed by atoms with van der Waals surface area (Å²) in [6.45, 7) is 2.08. The van der Waals surface area contributed by atoms with E-state index in [1.807, 2.05) is 18.2 Å². The van der Waals surface area contributed by atoms with E-state index in [4.69, 9.17) is 0 Å². The molecule has 0 heterocycles. The summed E-state index contributed by atoms with van der Waals surface area (Å²) < 4.78 is 4.67. The lowest BCUT2D eigenvalue weighted by Crippen LogP contribution is -2.07. The minimum atomic E-state index is -0.138. The van der Waals surface area contributed by atoms with Crippen molar-refractivity contribution in [2.75, 3.05) is 7.11 Å². The van der Waals surface area contributed by atoms with Crippen molar-refractivity contribution >= 4 is 5.97 Å². The van der Waals surface area contributed by atoms with Gasteiger partial charge >= 0.3 is 5.97 Å². The zero-order valence-electron chi connectivity index (χ0n) is 8.69. The maximum Gasteiger partial charge on any atom is 0.306 e. The SMILES string of the molecule is CC[C@@H](CC(=O)OC)c1ccccc1. The minimum absolute atomic E-state index is 0.138. The second-order valence-corrected chi connectivity index (χ2v) is 3.30. The highest BCUT2D eigenvalue weighted by atomic mass is 16.5. The third kappa shape index (κ3) is 2.87. The van der Waals surface area contributed by atoms with E-state index in [2.05, 4.69) is 23.8 Å². The molecule has 1 aromatic carbocycles. The van der Waals surface area contributed by atoms with E-state index in [-0.39, 0.29) is 11.9 Å². The van der Waals surface area contributed by atoms with Gasteiger partial charge in [0, 0.05) is 0 Å². The Kier molecular flexibility index (Phi) is 4.17. The molecule has 0 radical (unpaired) electrons. The Morgan fingerprint density at radius 2 is 2.00 bits per heavy atom. The van der Waals surface area contributed by atoms with E-state index < -0.39 is 0 Å². The number of hydrogen-bond acceptors (Lipinski definition) is 2. The lowest BCUT2D eigenvalue weighted by Gasteiger charge is -2.13. The molecule has 2 nitrogen and oxygen atoms in total. The van der Waals surface area contributed by atoms with Crippen LogP contribution in [0.3, 0.4) is 0 Å². The van der Waals surface area contributed by atoms with Crippen LogP contribution in [0.25, 0.3) is 0 Å². The van der Waals surface area contributed by atoms with Crippen LogP contribution in [0, 0.1) is 0 Å². The average molecular weight is 192 g/mol. The van der Waals surface area contributed by atoms with Gasteiger partial charge in [0.25, 0.3) is 0 Å². The molecular formula is C12H16O2. The van der Waals surface area contributed by atoms with Crippen LogP contribution in [0.1, 0.15) is 31.2 Å². The van der Waals surface area contributed by atoms with Crippen molar-refractivity contribution in [3.05, 3.63) is 35.9 Å². The normalized spacial score (nSPS) is 12.1. The molecule has 1 rings (SSSR count). The van der Waals surface area contributed by atoms with Crippen molar-refractivity contribution in [3.63, 3.8) is 0 Å². The molecule has 0 bridgehead atoms. The predicted octanol–water partition coefficient (Wildman–Crippen LogP) is 2.74. The van der Waals surface area contributed by atoms with Gasteiger partial charge in [-0.2, -0.15) is 0 Å². The Bertz CT molecular complexity index is 280. The van der Waals surface area contributed by atoms with Crippen molar-refractivity contribution in [1.29, 1.82) is 0 Å². The number of carbonyl (C=O) groups is 1. The number of esters is 1. The van der Waals surface area contributed by atoms with E-state index in [1.165, 1.54) is 12.7 Å². The number of rotatable bonds is 4. The van der Waals surface area contributed by atoms with Crippen LogP contribution >= 0.6 is 0 Å². The molecule has 14 heavy (non-hydrogen) atoms. The van der Waals surface area contributed by atoms with Gasteiger partial charge in [-0.05, 0) is 17.9 Å². The van der Waals surface area contributed by atoms with Gasteiger partial charge < -0.3 is 4.74 Å². The maximum absolute atomic E-state index is 11.1. The van der Waals surface area contributed by atoms with Crippen molar-refractivity contribution in [2.24, 2.45) is 0 Å². The topological polar surface area (TPSA) is 26.3 Å². The zero-order valence-corrected chi connectivity index (χ0v) is 8.69. The first-order chi connectivity index (χ1) is 6.77. The number of methoxy groups -OCH3 is 1. The summed E-state index contributed by atoms with van der Waals surface area (Å²) in [6, 6.07) is 10.1.